The second kappa shape index (κ2) is 8.71. The Labute approximate surface area is 193 Å². The Hall–Kier alpha value is -4.24. The molecule has 5 aromatic rings. The fraction of sp³-hybridized carbons (Fsp3) is 0.0833. The summed E-state index contributed by atoms with van der Waals surface area (Å²) in [6.07, 6.45) is 0. The number of nitrogens with one attached hydrogen (secondary N) is 1. The molecule has 164 valence electrons. The number of carbonyl (C=O) groups is 1. The summed E-state index contributed by atoms with van der Waals surface area (Å²) >= 11 is 1.58. The molecule has 0 aliphatic heterocycles. The molecule has 1 N–H and O–H groups in total. The second-order valence-electron chi connectivity index (χ2n) is 7.09. The zero-order chi connectivity index (χ0) is 22.8. The lowest BCUT2D eigenvalue weighted by Crippen LogP contribution is -2.13. The lowest BCUT2D eigenvalue weighted by molar-refractivity contribution is 0.102. The van der Waals surface area contributed by atoms with Crippen LogP contribution in [0.15, 0.2) is 72.1 Å². The number of benzene rings is 2. The van der Waals surface area contributed by atoms with E-state index >= 15 is 0 Å². The SMILES string of the molecule is COc1ccc(C(=O)Nc2cccc(-c3ccc4nnc(-c5cccs5)n4n3)c2)c(OC)c1. The molecule has 0 aliphatic rings. The van der Waals surface area contributed by atoms with Crippen molar-refractivity contribution in [1.29, 1.82) is 0 Å². The third-order valence-electron chi connectivity index (χ3n) is 5.07. The van der Waals surface area contributed by atoms with Gasteiger partial charge in [-0.1, -0.05) is 18.2 Å². The molecule has 0 atom stereocenters. The summed E-state index contributed by atoms with van der Waals surface area (Å²) in [6, 6.07) is 20.3. The van der Waals surface area contributed by atoms with Crippen LogP contribution in [0.3, 0.4) is 0 Å². The van der Waals surface area contributed by atoms with Crippen molar-refractivity contribution in [2.24, 2.45) is 0 Å². The largest absolute Gasteiger partial charge is 0.497 e. The zero-order valence-corrected chi connectivity index (χ0v) is 18.7. The summed E-state index contributed by atoms with van der Waals surface area (Å²) < 4.78 is 12.3. The molecule has 0 radical (unpaired) electrons. The van der Waals surface area contributed by atoms with Gasteiger partial charge in [0.1, 0.15) is 11.5 Å². The summed E-state index contributed by atoms with van der Waals surface area (Å²) in [4.78, 5) is 13.9. The van der Waals surface area contributed by atoms with Gasteiger partial charge in [0.05, 0.1) is 30.4 Å². The molecule has 0 fully saturated rings. The molecule has 5 rings (SSSR count). The third-order valence-corrected chi connectivity index (χ3v) is 5.94. The van der Waals surface area contributed by atoms with Crippen LogP contribution in [0, 0.1) is 0 Å². The topological polar surface area (TPSA) is 90.6 Å². The van der Waals surface area contributed by atoms with E-state index in [1.807, 2.05) is 53.9 Å². The second-order valence-corrected chi connectivity index (χ2v) is 8.04. The normalized spacial score (nSPS) is 10.8. The van der Waals surface area contributed by atoms with Gasteiger partial charge < -0.3 is 14.8 Å². The summed E-state index contributed by atoms with van der Waals surface area (Å²) in [6.45, 7) is 0. The van der Waals surface area contributed by atoms with Crippen molar-refractivity contribution in [2.45, 2.75) is 0 Å². The Bertz CT molecular complexity index is 1450. The average molecular weight is 458 g/mol. The van der Waals surface area contributed by atoms with Gasteiger partial charge >= 0.3 is 0 Å². The van der Waals surface area contributed by atoms with Gasteiger partial charge in [-0.15, -0.1) is 21.5 Å². The maximum absolute atomic E-state index is 12.9. The predicted octanol–water partition coefficient (Wildman–Crippen LogP) is 4.79. The van der Waals surface area contributed by atoms with Crippen LogP contribution in [0.1, 0.15) is 10.4 Å². The van der Waals surface area contributed by atoms with E-state index < -0.39 is 0 Å². The van der Waals surface area contributed by atoms with Crippen molar-refractivity contribution >= 4 is 28.6 Å². The van der Waals surface area contributed by atoms with E-state index in [-0.39, 0.29) is 5.91 Å². The molecule has 2 aromatic carbocycles. The number of nitrogens with zero attached hydrogens (tertiary/aromatic N) is 4. The van der Waals surface area contributed by atoms with Gasteiger partial charge in [-0.25, -0.2) is 0 Å². The van der Waals surface area contributed by atoms with Gasteiger partial charge in [0.15, 0.2) is 11.5 Å². The first-order valence-electron chi connectivity index (χ1n) is 10.1. The Morgan fingerprint density at radius 2 is 1.88 bits per heavy atom. The number of fused-ring (bicyclic) bond motifs is 1. The number of rotatable bonds is 6. The van der Waals surface area contributed by atoms with E-state index in [9.17, 15) is 4.79 Å². The van der Waals surface area contributed by atoms with Crippen LogP contribution in [0.5, 0.6) is 11.5 Å². The van der Waals surface area contributed by atoms with Gasteiger partial charge in [-0.3, -0.25) is 4.79 Å². The van der Waals surface area contributed by atoms with E-state index in [1.54, 1.807) is 41.2 Å². The highest BCUT2D eigenvalue weighted by atomic mass is 32.1. The first-order valence-corrected chi connectivity index (χ1v) is 10.9. The number of ether oxygens (including phenoxy) is 2. The number of methoxy groups -OCH3 is 2. The highest BCUT2D eigenvalue weighted by Crippen LogP contribution is 2.28. The molecule has 1 amide bonds. The molecule has 9 heteroatoms. The fourth-order valence-corrected chi connectivity index (χ4v) is 4.14. The van der Waals surface area contributed by atoms with Crippen LogP contribution in [0.25, 0.3) is 27.6 Å². The van der Waals surface area contributed by atoms with E-state index in [0.29, 0.717) is 34.2 Å². The van der Waals surface area contributed by atoms with Crippen molar-refractivity contribution < 1.29 is 14.3 Å². The number of anilines is 1. The number of hydrogen-bond donors (Lipinski definition) is 1. The number of amides is 1. The first-order chi connectivity index (χ1) is 16.2. The van der Waals surface area contributed by atoms with E-state index in [2.05, 4.69) is 15.5 Å². The summed E-state index contributed by atoms with van der Waals surface area (Å²) in [7, 11) is 3.08. The number of carbonyl (C=O) groups excluding carboxylic acids is 1. The van der Waals surface area contributed by atoms with Crippen LogP contribution >= 0.6 is 11.3 Å². The highest BCUT2D eigenvalue weighted by molar-refractivity contribution is 7.13. The average Bonchev–Trinajstić information content (AvgIpc) is 3.53. The molecule has 0 aliphatic carbocycles. The molecule has 0 saturated heterocycles. The number of thiophene rings is 1. The molecule has 8 nitrogen and oxygen atoms in total. The molecule has 0 bridgehead atoms. The molecule has 33 heavy (non-hydrogen) atoms. The minimum Gasteiger partial charge on any atom is -0.497 e. The van der Waals surface area contributed by atoms with Crippen LogP contribution in [0.2, 0.25) is 0 Å². The lowest BCUT2D eigenvalue weighted by Gasteiger charge is -2.11. The summed E-state index contributed by atoms with van der Waals surface area (Å²) in [5.41, 5.74) is 3.30. The Morgan fingerprint density at radius 3 is 2.67 bits per heavy atom. The van der Waals surface area contributed by atoms with Crippen molar-refractivity contribution in [2.75, 3.05) is 19.5 Å². The Balaban J connectivity index is 1.45. The quantitative estimate of drug-likeness (QED) is 0.394. The van der Waals surface area contributed by atoms with Crippen LogP contribution < -0.4 is 14.8 Å². The van der Waals surface area contributed by atoms with Crippen LogP contribution in [-0.4, -0.2) is 39.9 Å². The fourth-order valence-electron chi connectivity index (χ4n) is 3.44. The summed E-state index contributed by atoms with van der Waals surface area (Å²) in [5.74, 6) is 1.46. The van der Waals surface area contributed by atoms with Crippen molar-refractivity contribution in [3.8, 4) is 33.5 Å². The predicted molar refractivity (Wildman–Crippen MR) is 127 cm³/mol. The molecular weight excluding hydrogens is 438 g/mol. The van der Waals surface area contributed by atoms with Crippen molar-refractivity contribution in [1.82, 2.24) is 19.8 Å². The van der Waals surface area contributed by atoms with Gasteiger partial charge in [-0.05, 0) is 47.8 Å². The van der Waals surface area contributed by atoms with Gasteiger partial charge in [0, 0.05) is 17.3 Å². The van der Waals surface area contributed by atoms with Gasteiger partial charge in [0.2, 0.25) is 0 Å². The van der Waals surface area contributed by atoms with Crippen molar-refractivity contribution in [3.63, 3.8) is 0 Å². The molecule has 0 unspecified atom stereocenters. The molecule has 0 saturated carbocycles. The van der Waals surface area contributed by atoms with Crippen LogP contribution in [0.4, 0.5) is 5.69 Å². The van der Waals surface area contributed by atoms with Crippen LogP contribution in [-0.2, 0) is 0 Å². The maximum atomic E-state index is 12.9. The number of aromatic nitrogens is 4. The first kappa shape index (κ1) is 20.7. The molecule has 3 aromatic heterocycles. The summed E-state index contributed by atoms with van der Waals surface area (Å²) in [5, 5.41) is 18.1. The molecule has 3 heterocycles. The van der Waals surface area contributed by atoms with Gasteiger partial charge in [0.25, 0.3) is 5.91 Å². The lowest BCUT2D eigenvalue weighted by atomic mass is 10.1. The minimum atomic E-state index is -0.283. The maximum Gasteiger partial charge on any atom is 0.259 e. The Kier molecular flexibility index (Phi) is 5.45. The molecular formula is C24H19N5O3S. The van der Waals surface area contributed by atoms with E-state index in [0.717, 1.165) is 16.1 Å². The minimum absolute atomic E-state index is 0.283. The molecule has 0 spiro atoms. The standard InChI is InChI=1S/C24H19N5O3S/c1-31-17-8-9-18(20(14-17)32-2)24(30)25-16-6-3-5-15(13-16)19-10-11-22-26-27-23(29(22)28-19)21-7-4-12-33-21/h3-14H,1-2H3,(H,25,30). The Morgan fingerprint density at radius 1 is 0.970 bits per heavy atom. The van der Waals surface area contributed by atoms with Gasteiger partial charge in [-0.2, -0.15) is 9.61 Å². The van der Waals surface area contributed by atoms with E-state index in [4.69, 9.17) is 14.6 Å². The highest BCUT2D eigenvalue weighted by Gasteiger charge is 2.15. The zero-order valence-electron chi connectivity index (χ0n) is 17.9. The van der Waals surface area contributed by atoms with E-state index in [1.165, 1.54) is 7.11 Å². The monoisotopic (exact) mass is 457 g/mol. The number of hydrogen-bond acceptors (Lipinski definition) is 7. The smallest absolute Gasteiger partial charge is 0.259 e. The van der Waals surface area contributed by atoms with Crippen molar-refractivity contribution in [3.05, 3.63) is 77.7 Å². The third kappa shape index (κ3) is 4.01.